The molecule has 1 radical (unpaired) electrons. The molecular formula is C21H40NO. The Bertz CT molecular complexity index is 273. The summed E-state index contributed by atoms with van der Waals surface area (Å²) in [6, 6.07) is 0. The molecule has 0 saturated heterocycles. The summed E-state index contributed by atoms with van der Waals surface area (Å²) in [5.41, 5.74) is 0. The SMILES string of the molecule is CC[CH]NC(=O)CCCCCCC/C=C\CCCCCCCC. The van der Waals surface area contributed by atoms with E-state index in [4.69, 9.17) is 0 Å². The number of amides is 1. The standard InChI is InChI=1S/C21H40NO/c1-3-5-6-7-8-9-10-11-12-13-14-15-16-17-18-19-21(23)22-20-4-2/h11-12,20H,3-10,13-19H2,1-2H3,(H,22,23)/b12-11-. The van der Waals surface area contributed by atoms with Gasteiger partial charge in [-0.2, -0.15) is 0 Å². The third-order valence-corrected chi connectivity index (χ3v) is 4.13. The van der Waals surface area contributed by atoms with Crippen LogP contribution in [-0.4, -0.2) is 5.91 Å². The van der Waals surface area contributed by atoms with Gasteiger partial charge in [0.05, 0.1) is 0 Å². The molecule has 0 fully saturated rings. The van der Waals surface area contributed by atoms with Crippen LogP contribution in [0.5, 0.6) is 0 Å². The van der Waals surface area contributed by atoms with Crippen molar-refractivity contribution in [3.8, 4) is 0 Å². The van der Waals surface area contributed by atoms with Crippen LogP contribution in [0, 0.1) is 6.54 Å². The van der Waals surface area contributed by atoms with Crippen LogP contribution in [0.2, 0.25) is 0 Å². The van der Waals surface area contributed by atoms with Gasteiger partial charge in [0.2, 0.25) is 5.91 Å². The first kappa shape index (κ1) is 22.2. The summed E-state index contributed by atoms with van der Waals surface area (Å²) in [6.07, 6.45) is 23.2. The first-order chi connectivity index (χ1) is 11.3. The molecule has 0 saturated carbocycles. The number of hydrogen-bond donors (Lipinski definition) is 1. The van der Waals surface area contributed by atoms with Crippen LogP contribution in [0.15, 0.2) is 12.2 Å². The summed E-state index contributed by atoms with van der Waals surface area (Å²) in [7, 11) is 0. The number of carbonyl (C=O) groups excluding carboxylic acids is 1. The molecule has 0 aliphatic rings. The minimum Gasteiger partial charge on any atom is -0.351 e. The van der Waals surface area contributed by atoms with Crippen LogP contribution in [0.1, 0.15) is 110 Å². The molecule has 0 bridgehead atoms. The van der Waals surface area contributed by atoms with E-state index >= 15 is 0 Å². The van der Waals surface area contributed by atoms with Gasteiger partial charge in [0.25, 0.3) is 0 Å². The summed E-state index contributed by atoms with van der Waals surface area (Å²) in [5, 5.41) is 2.81. The maximum absolute atomic E-state index is 11.4. The predicted octanol–water partition coefficient (Wildman–Crippen LogP) is 6.71. The van der Waals surface area contributed by atoms with E-state index in [0.717, 1.165) is 12.8 Å². The van der Waals surface area contributed by atoms with E-state index < -0.39 is 0 Å². The fourth-order valence-electron chi connectivity index (χ4n) is 2.64. The lowest BCUT2D eigenvalue weighted by Gasteiger charge is -2.02. The normalized spacial score (nSPS) is 11.2. The molecular weight excluding hydrogens is 282 g/mol. The van der Waals surface area contributed by atoms with Crippen LogP contribution < -0.4 is 5.32 Å². The number of hydrogen-bond acceptors (Lipinski definition) is 1. The molecule has 1 N–H and O–H groups in total. The fourth-order valence-corrected chi connectivity index (χ4v) is 2.64. The second kappa shape index (κ2) is 19.3. The molecule has 2 heteroatoms. The van der Waals surface area contributed by atoms with Crippen LogP contribution >= 0.6 is 0 Å². The van der Waals surface area contributed by atoms with Gasteiger partial charge in [-0.3, -0.25) is 4.79 Å². The highest BCUT2D eigenvalue weighted by molar-refractivity contribution is 5.76. The van der Waals surface area contributed by atoms with Gasteiger partial charge in [-0.05, 0) is 38.5 Å². The first-order valence-corrected chi connectivity index (χ1v) is 10.1. The number of allylic oxidation sites excluding steroid dienone is 2. The van der Waals surface area contributed by atoms with Crippen molar-refractivity contribution in [3.63, 3.8) is 0 Å². The molecule has 0 heterocycles. The average Bonchev–Trinajstić information content (AvgIpc) is 2.56. The van der Waals surface area contributed by atoms with Gasteiger partial charge >= 0.3 is 0 Å². The minimum atomic E-state index is 0.171. The zero-order valence-corrected chi connectivity index (χ0v) is 15.7. The first-order valence-electron chi connectivity index (χ1n) is 10.1. The summed E-state index contributed by atoms with van der Waals surface area (Å²) in [5.74, 6) is 0.171. The van der Waals surface area contributed by atoms with E-state index in [1.807, 2.05) is 13.5 Å². The summed E-state index contributed by atoms with van der Waals surface area (Å²) in [4.78, 5) is 11.4. The minimum absolute atomic E-state index is 0.171. The Hall–Kier alpha value is -0.790. The number of unbranched alkanes of at least 4 members (excludes halogenated alkanes) is 11. The molecule has 0 aliphatic carbocycles. The summed E-state index contributed by atoms with van der Waals surface area (Å²) in [6.45, 7) is 6.13. The quantitative estimate of drug-likeness (QED) is 0.234. The van der Waals surface area contributed by atoms with Crippen molar-refractivity contribution < 1.29 is 4.79 Å². The van der Waals surface area contributed by atoms with Gasteiger partial charge in [0.15, 0.2) is 0 Å². The zero-order chi connectivity index (χ0) is 17.0. The lowest BCUT2D eigenvalue weighted by atomic mass is 10.1. The van der Waals surface area contributed by atoms with E-state index in [9.17, 15) is 4.79 Å². The lowest BCUT2D eigenvalue weighted by Crippen LogP contribution is -2.19. The van der Waals surface area contributed by atoms with Crippen LogP contribution in [0.4, 0.5) is 0 Å². The van der Waals surface area contributed by atoms with Gasteiger partial charge in [0, 0.05) is 13.0 Å². The van der Waals surface area contributed by atoms with Crippen molar-refractivity contribution in [1.82, 2.24) is 5.32 Å². The predicted molar refractivity (Wildman–Crippen MR) is 102 cm³/mol. The van der Waals surface area contributed by atoms with E-state index in [1.54, 1.807) is 0 Å². The second-order valence-electron chi connectivity index (χ2n) is 6.51. The van der Waals surface area contributed by atoms with Crippen LogP contribution in [-0.2, 0) is 4.79 Å². The molecule has 0 aromatic heterocycles. The lowest BCUT2D eigenvalue weighted by molar-refractivity contribution is -0.120. The van der Waals surface area contributed by atoms with Crippen molar-refractivity contribution >= 4 is 5.91 Å². The maximum Gasteiger partial charge on any atom is 0.220 e. The van der Waals surface area contributed by atoms with E-state index in [1.165, 1.54) is 77.0 Å². The third-order valence-electron chi connectivity index (χ3n) is 4.13. The highest BCUT2D eigenvalue weighted by atomic mass is 16.1. The Morgan fingerprint density at radius 3 is 1.83 bits per heavy atom. The molecule has 23 heavy (non-hydrogen) atoms. The molecule has 0 atom stereocenters. The zero-order valence-electron chi connectivity index (χ0n) is 15.7. The van der Waals surface area contributed by atoms with E-state index in [2.05, 4.69) is 24.4 Å². The molecule has 0 aromatic rings. The smallest absolute Gasteiger partial charge is 0.220 e. The van der Waals surface area contributed by atoms with Gasteiger partial charge < -0.3 is 5.32 Å². The topological polar surface area (TPSA) is 29.1 Å². The Morgan fingerprint density at radius 1 is 0.739 bits per heavy atom. The Balaban J connectivity index is 3.14. The molecule has 0 unspecified atom stereocenters. The number of nitrogens with one attached hydrogen (secondary N) is 1. The highest BCUT2D eigenvalue weighted by Crippen LogP contribution is 2.09. The Labute approximate surface area is 145 Å². The molecule has 0 aromatic carbocycles. The van der Waals surface area contributed by atoms with E-state index in [0.29, 0.717) is 6.42 Å². The van der Waals surface area contributed by atoms with Crippen molar-refractivity contribution in [2.75, 3.05) is 0 Å². The Morgan fingerprint density at radius 2 is 1.26 bits per heavy atom. The monoisotopic (exact) mass is 322 g/mol. The molecule has 1 amide bonds. The van der Waals surface area contributed by atoms with Crippen molar-refractivity contribution in [2.24, 2.45) is 0 Å². The van der Waals surface area contributed by atoms with Crippen molar-refractivity contribution in [3.05, 3.63) is 18.7 Å². The molecule has 0 aliphatic heterocycles. The van der Waals surface area contributed by atoms with Gasteiger partial charge in [-0.1, -0.05) is 77.4 Å². The largest absolute Gasteiger partial charge is 0.351 e. The molecule has 2 nitrogen and oxygen atoms in total. The van der Waals surface area contributed by atoms with E-state index in [-0.39, 0.29) is 5.91 Å². The summed E-state index contributed by atoms with van der Waals surface area (Å²) >= 11 is 0. The molecule has 0 spiro atoms. The number of carbonyl (C=O) groups is 1. The highest BCUT2D eigenvalue weighted by Gasteiger charge is 1.99. The second-order valence-corrected chi connectivity index (χ2v) is 6.51. The third kappa shape index (κ3) is 19.2. The number of rotatable bonds is 17. The summed E-state index contributed by atoms with van der Waals surface area (Å²) < 4.78 is 0. The average molecular weight is 323 g/mol. The van der Waals surface area contributed by atoms with Gasteiger partial charge in [-0.15, -0.1) is 0 Å². The fraction of sp³-hybridized carbons (Fsp3) is 0.810. The van der Waals surface area contributed by atoms with Crippen LogP contribution in [0.25, 0.3) is 0 Å². The van der Waals surface area contributed by atoms with Gasteiger partial charge in [0.1, 0.15) is 0 Å². The van der Waals surface area contributed by atoms with Crippen LogP contribution in [0.3, 0.4) is 0 Å². The Kier molecular flexibility index (Phi) is 18.6. The molecule has 135 valence electrons. The molecule has 0 rings (SSSR count). The maximum atomic E-state index is 11.4. The van der Waals surface area contributed by atoms with Crippen molar-refractivity contribution in [1.29, 1.82) is 0 Å². The van der Waals surface area contributed by atoms with Gasteiger partial charge in [-0.25, -0.2) is 0 Å². The van der Waals surface area contributed by atoms with Crippen molar-refractivity contribution in [2.45, 2.75) is 110 Å².